The Hall–Kier alpha value is -1.99. The van der Waals surface area contributed by atoms with Crippen LogP contribution in [-0.4, -0.2) is 85.3 Å². The van der Waals surface area contributed by atoms with Gasteiger partial charge in [0.25, 0.3) is 5.91 Å². The normalized spacial score (nSPS) is 18.1. The summed E-state index contributed by atoms with van der Waals surface area (Å²) in [6.45, 7) is 4.50. The number of carbonyl (C=O) groups is 1. The molecule has 2 heterocycles. The fourth-order valence-corrected chi connectivity index (χ4v) is 6.45. The number of piperidine rings is 1. The van der Waals surface area contributed by atoms with E-state index in [9.17, 15) is 18.4 Å². The van der Waals surface area contributed by atoms with Crippen molar-refractivity contribution in [2.75, 3.05) is 50.8 Å². The predicted molar refractivity (Wildman–Crippen MR) is 139 cm³/mol. The molecule has 2 aliphatic rings. The van der Waals surface area contributed by atoms with Gasteiger partial charge in [-0.1, -0.05) is 13.3 Å². The SMILES string of the molecule is CCCCOc1ccc(N2CCN(S(=O)(=O)C3(C(=O)NO)CCN(C(=N)N)CC3)CC2)cc1.Cl.Cl. The van der Waals surface area contributed by atoms with E-state index in [0.29, 0.717) is 19.7 Å². The Balaban J connectivity index is 0.00000306. The quantitative estimate of drug-likeness (QED) is 0.124. The highest BCUT2D eigenvalue weighted by Crippen LogP contribution is 2.34. The number of benzene rings is 1. The van der Waals surface area contributed by atoms with E-state index in [1.165, 1.54) is 9.21 Å². The van der Waals surface area contributed by atoms with E-state index in [0.717, 1.165) is 24.3 Å². The molecule has 2 fully saturated rings. The van der Waals surface area contributed by atoms with Gasteiger partial charge in [-0.05, 0) is 43.5 Å². The van der Waals surface area contributed by atoms with Gasteiger partial charge in [0.15, 0.2) is 10.7 Å². The lowest BCUT2D eigenvalue weighted by molar-refractivity contribution is -0.133. The molecule has 0 spiro atoms. The number of carbonyl (C=O) groups excluding carboxylic acids is 1. The Morgan fingerprint density at radius 1 is 1.11 bits per heavy atom. The minimum atomic E-state index is -4.06. The van der Waals surface area contributed by atoms with Crippen molar-refractivity contribution in [3.05, 3.63) is 24.3 Å². The molecule has 2 aliphatic heterocycles. The molecule has 0 aromatic heterocycles. The van der Waals surface area contributed by atoms with E-state index in [1.807, 2.05) is 24.3 Å². The van der Waals surface area contributed by atoms with Crippen LogP contribution in [0.5, 0.6) is 5.75 Å². The molecule has 0 bridgehead atoms. The number of rotatable bonds is 8. The highest BCUT2D eigenvalue weighted by atomic mass is 35.5. The largest absolute Gasteiger partial charge is 0.494 e. The number of unbranched alkanes of at least 4 members (excludes halogenated alkanes) is 1. The third-order valence-corrected chi connectivity index (χ3v) is 9.09. The fourth-order valence-electron chi connectivity index (χ4n) is 4.33. The van der Waals surface area contributed by atoms with Crippen LogP contribution in [0, 0.1) is 5.41 Å². The van der Waals surface area contributed by atoms with Crippen molar-refractivity contribution in [1.29, 1.82) is 5.41 Å². The molecule has 11 nitrogen and oxygen atoms in total. The molecular weight excluding hydrogens is 519 g/mol. The van der Waals surface area contributed by atoms with Gasteiger partial charge >= 0.3 is 0 Å². The first-order valence-electron chi connectivity index (χ1n) is 11.3. The van der Waals surface area contributed by atoms with Crippen LogP contribution in [0.3, 0.4) is 0 Å². The number of hydrogen-bond donors (Lipinski definition) is 4. The van der Waals surface area contributed by atoms with Crippen molar-refractivity contribution in [1.82, 2.24) is 14.7 Å². The van der Waals surface area contributed by atoms with Crippen molar-refractivity contribution in [2.45, 2.75) is 37.4 Å². The van der Waals surface area contributed by atoms with Crippen LogP contribution in [-0.2, 0) is 14.8 Å². The van der Waals surface area contributed by atoms with Gasteiger partial charge in [0.1, 0.15) is 5.75 Å². The highest BCUT2D eigenvalue weighted by molar-refractivity contribution is 7.91. The first-order chi connectivity index (χ1) is 15.7. The van der Waals surface area contributed by atoms with Crippen LogP contribution >= 0.6 is 24.8 Å². The Morgan fingerprint density at radius 3 is 2.17 bits per heavy atom. The number of hydroxylamine groups is 1. The van der Waals surface area contributed by atoms with Crippen LogP contribution < -0.4 is 20.9 Å². The molecule has 0 atom stereocenters. The van der Waals surface area contributed by atoms with E-state index in [1.54, 1.807) is 5.48 Å². The number of nitrogens with one attached hydrogen (secondary N) is 2. The van der Waals surface area contributed by atoms with Crippen molar-refractivity contribution >= 4 is 52.4 Å². The Morgan fingerprint density at radius 2 is 1.69 bits per heavy atom. The summed E-state index contributed by atoms with van der Waals surface area (Å²) in [5.41, 5.74) is 8.04. The lowest BCUT2D eigenvalue weighted by Crippen LogP contribution is -2.64. The Kier molecular flexibility index (Phi) is 11.8. The first-order valence-corrected chi connectivity index (χ1v) is 12.7. The molecule has 0 saturated carbocycles. The van der Waals surface area contributed by atoms with Crippen molar-refractivity contribution in [3.8, 4) is 5.75 Å². The lowest BCUT2D eigenvalue weighted by atomic mass is 9.95. The standard InChI is InChI=1S/C21H34N6O5S.2ClH/c1-2-3-16-32-18-6-4-17(5-7-18)25-12-14-27(15-13-25)33(30,31)21(19(28)24-29)8-10-26(11-9-21)20(22)23;;/h4-7,29H,2-3,8-16H2,1H3,(H3,22,23)(H,24,28);2*1H. The summed E-state index contributed by atoms with van der Waals surface area (Å²) in [7, 11) is -4.06. The van der Waals surface area contributed by atoms with E-state index in [4.69, 9.17) is 15.9 Å². The van der Waals surface area contributed by atoms with E-state index in [-0.39, 0.29) is 69.8 Å². The number of hydrogen-bond acceptors (Lipinski definition) is 7. The number of likely N-dealkylation sites (tertiary alicyclic amines) is 1. The molecular formula is C21H36Cl2N6O5S. The average Bonchev–Trinajstić information content (AvgIpc) is 2.84. The zero-order chi connectivity index (χ0) is 24.1. The number of sulfonamides is 1. The predicted octanol–water partition coefficient (Wildman–Crippen LogP) is 1.39. The minimum absolute atomic E-state index is 0. The van der Waals surface area contributed by atoms with Crippen molar-refractivity contribution in [2.24, 2.45) is 5.73 Å². The smallest absolute Gasteiger partial charge is 0.266 e. The molecule has 14 heteroatoms. The second kappa shape index (κ2) is 13.4. The number of anilines is 1. The number of piperazine rings is 1. The number of guanidine groups is 1. The maximum Gasteiger partial charge on any atom is 0.266 e. The molecule has 0 unspecified atom stereocenters. The third kappa shape index (κ3) is 6.62. The monoisotopic (exact) mass is 554 g/mol. The van der Waals surface area contributed by atoms with Crippen LogP contribution in [0.25, 0.3) is 0 Å². The summed E-state index contributed by atoms with van der Waals surface area (Å²) in [5.74, 6) is -0.296. The molecule has 1 aromatic carbocycles. The molecule has 3 rings (SSSR count). The molecule has 1 amide bonds. The third-order valence-electron chi connectivity index (χ3n) is 6.47. The number of nitrogens with zero attached hydrogens (tertiary/aromatic N) is 3. The van der Waals surface area contributed by atoms with Crippen LogP contribution in [0.1, 0.15) is 32.6 Å². The van der Waals surface area contributed by atoms with Crippen LogP contribution in [0.2, 0.25) is 0 Å². The number of amides is 1. The molecule has 200 valence electrons. The van der Waals surface area contributed by atoms with Gasteiger partial charge in [0.2, 0.25) is 10.0 Å². The van der Waals surface area contributed by atoms with Gasteiger partial charge in [0, 0.05) is 45.0 Å². The second-order valence-corrected chi connectivity index (χ2v) is 10.6. The molecule has 35 heavy (non-hydrogen) atoms. The second-order valence-electron chi connectivity index (χ2n) is 8.39. The van der Waals surface area contributed by atoms with Gasteiger partial charge < -0.3 is 20.3 Å². The van der Waals surface area contributed by atoms with Gasteiger partial charge in [-0.25, -0.2) is 13.9 Å². The summed E-state index contributed by atoms with van der Waals surface area (Å²) in [6.07, 6.45) is 1.96. The number of halogens is 2. The average molecular weight is 556 g/mol. The minimum Gasteiger partial charge on any atom is -0.494 e. The summed E-state index contributed by atoms with van der Waals surface area (Å²) in [6, 6.07) is 7.75. The van der Waals surface area contributed by atoms with Gasteiger partial charge in [0.05, 0.1) is 6.61 Å². The van der Waals surface area contributed by atoms with Crippen molar-refractivity contribution < 1.29 is 23.2 Å². The maximum atomic E-state index is 13.6. The number of nitrogens with two attached hydrogens (primary N) is 1. The van der Waals surface area contributed by atoms with Gasteiger partial charge in [-0.2, -0.15) is 4.31 Å². The van der Waals surface area contributed by atoms with Crippen LogP contribution in [0.4, 0.5) is 5.69 Å². The zero-order valence-corrected chi connectivity index (χ0v) is 22.3. The van der Waals surface area contributed by atoms with E-state index >= 15 is 0 Å². The molecule has 1 aromatic rings. The van der Waals surface area contributed by atoms with Crippen molar-refractivity contribution in [3.63, 3.8) is 0 Å². The van der Waals surface area contributed by atoms with E-state index in [2.05, 4.69) is 11.8 Å². The fraction of sp³-hybridized carbons (Fsp3) is 0.619. The van der Waals surface area contributed by atoms with E-state index < -0.39 is 20.7 Å². The first kappa shape index (κ1) is 31.0. The summed E-state index contributed by atoms with van der Waals surface area (Å²) in [5, 5.41) is 16.9. The Labute approximate surface area is 219 Å². The molecule has 0 radical (unpaired) electrons. The lowest BCUT2D eigenvalue weighted by Gasteiger charge is -2.44. The number of ether oxygens (including phenoxy) is 1. The molecule has 0 aliphatic carbocycles. The maximum absolute atomic E-state index is 13.6. The van der Waals surface area contributed by atoms with Crippen LogP contribution in [0.15, 0.2) is 24.3 Å². The molecule has 2 saturated heterocycles. The summed E-state index contributed by atoms with van der Waals surface area (Å²) in [4.78, 5) is 16.2. The Bertz CT molecular complexity index is 934. The zero-order valence-electron chi connectivity index (χ0n) is 19.8. The highest BCUT2D eigenvalue weighted by Gasteiger charge is 2.55. The molecule has 5 N–H and O–H groups in total. The summed E-state index contributed by atoms with van der Waals surface area (Å²) < 4.78 is 32.4. The van der Waals surface area contributed by atoms with Gasteiger partial charge in [-0.3, -0.25) is 15.4 Å². The summed E-state index contributed by atoms with van der Waals surface area (Å²) >= 11 is 0. The topological polar surface area (TPSA) is 152 Å². The van der Waals surface area contributed by atoms with Gasteiger partial charge in [-0.15, -0.1) is 24.8 Å².